The Morgan fingerprint density at radius 1 is 0.655 bits per heavy atom. The number of hydrogen-bond acceptors (Lipinski definition) is 1. The molecular formula is C13H5ClF13NO. The number of carbonyl (C=O) groups is 1. The first-order chi connectivity index (χ1) is 12.6. The van der Waals surface area contributed by atoms with Crippen molar-refractivity contribution >= 4 is 23.2 Å². The smallest absolute Gasteiger partial charge is 0.321 e. The lowest BCUT2D eigenvalue weighted by Crippen LogP contribution is -2.71. The quantitative estimate of drug-likeness (QED) is 0.503. The van der Waals surface area contributed by atoms with Gasteiger partial charge in [-0.25, -0.2) is 0 Å². The van der Waals surface area contributed by atoms with Gasteiger partial charge in [-0.1, -0.05) is 11.6 Å². The predicted octanol–water partition coefficient (Wildman–Crippen LogP) is 6.02. The van der Waals surface area contributed by atoms with Gasteiger partial charge in [-0.05, 0) is 24.3 Å². The fourth-order valence-electron chi connectivity index (χ4n) is 1.65. The molecule has 29 heavy (non-hydrogen) atoms. The highest BCUT2D eigenvalue weighted by molar-refractivity contribution is 6.30. The van der Waals surface area contributed by atoms with Crippen molar-refractivity contribution in [1.29, 1.82) is 0 Å². The summed E-state index contributed by atoms with van der Waals surface area (Å²) in [6, 6.07) is 3.08. The van der Waals surface area contributed by atoms with E-state index in [1.54, 1.807) is 0 Å². The Kier molecular flexibility index (Phi) is 6.14. The van der Waals surface area contributed by atoms with Crippen molar-refractivity contribution in [3.05, 3.63) is 29.3 Å². The van der Waals surface area contributed by atoms with Crippen molar-refractivity contribution in [1.82, 2.24) is 0 Å². The van der Waals surface area contributed by atoms with Gasteiger partial charge in [0.15, 0.2) is 0 Å². The molecule has 0 aliphatic carbocycles. The van der Waals surface area contributed by atoms with Crippen LogP contribution in [0.15, 0.2) is 24.3 Å². The lowest BCUT2D eigenvalue weighted by atomic mass is 9.93. The number of carbonyl (C=O) groups excluding carboxylic acids is 1. The maximum atomic E-state index is 13.5. The normalized spacial score (nSPS) is 14.7. The highest BCUT2D eigenvalue weighted by atomic mass is 35.5. The van der Waals surface area contributed by atoms with E-state index in [4.69, 9.17) is 11.6 Å². The van der Waals surface area contributed by atoms with E-state index < -0.39 is 47.4 Å². The monoisotopic (exact) mass is 473 g/mol. The Morgan fingerprint density at radius 2 is 1.03 bits per heavy atom. The topological polar surface area (TPSA) is 29.1 Å². The number of alkyl halides is 13. The molecule has 0 aliphatic heterocycles. The van der Waals surface area contributed by atoms with Crippen LogP contribution in [0.25, 0.3) is 0 Å². The molecule has 166 valence electrons. The van der Waals surface area contributed by atoms with Crippen molar-refractivity contribution in [2.45, 2.75) is 35.8 Å². The maximum absolute atomic E-state index is 13.5. The molecule has 1 aromatic carbocycles. The van der Waals surface area contributed by atoms with Crippen molar-refractivity contribution in [3.63, 3.8) is 0 Å². The van der Waals surface area contributed by atoms with Crippen LogP contribution in [0, 0.1) is 0 Å². The van der Waals surface area contributed by atoms with Crippen LogP contribution in [-0.2, 0) is 4.79 Å². The molecule has 0 aromatic heterocycles. The average Bonchev–Trinajstić information content (AvgIpc) is 2.55. The number of halogens is 14. The molecular weight excluding hydrogens is 469 g/mol. The molecule has 1 aromatic rings. The SMILES string of the molecule is O=C(Nc1ccc(Cl)cc1)C(F)(F)C(F)(F)C(F)(F)C(F)(F)C(F)(F)C(F)(F)F. The van der Waals surface area contributed by atoms with Gasteiger partial charge < -0.3 is 5.32 Å². The van der Waals surface area contributed by atoms with E-state index in [1.807, 2.05) is 0 Å². The van der Waals surface area contributed by atoms with Gasteiger partial charge in [0.2, 0.25) is 0 Å². The van der Waals surface area contributed by atoms with Gasteiger partial charge in [0.25, 0.3) is 0 Å². The molecule has 0 atom stereocenters. The van der Waals surface area contributed by atoms with Crippen molar-refractivity contribution in [3.8, 4) is 0 Å². The summed E-state index contributed by atoms with van der Waals surface area (Å²) in [6.07, 6.45) is -7.52. The molecule has 2 nitrogen and oxygen atoms in total. The summed E-state index contributed by atoms with van der Waals surface area (Å²) in [5.74, 6) is -41.9. The minimum Gasteiger partial charge on any atom is -0.321 e. The molecule has 16 heteroatoms. The highest BCUT2D eigenvalue weighted by Gasteiger charge is 2.91. The summed E-state index contributed by atoms with van der Waals surface area (Å²) in [4.78, 5) is 11.2. The van der Waals surface area contributed by atoms with Crippen LogP contribution in [0.5, 0.6) is 0 Å². The minimum atomic E-state index is -8.06. The van der Waals surface area contributed by atoms with Crippen LogP contribution in [0.1, 0.15) is 0 Å². The van der Waals surface area contributed by atoms with Gasteiger partial charge in [0.1, 0.15) is 0 Å². The van der Waals surface area contributed by atoms with Crippen molar-refractivity contribution < 1.29 is 61.9 Å². The number of anilines is 1. The van der Waals surface area contributed by atoms with Crippen LogP contribution < -0.4 is 5.32 Å². The fourth-order valence-corrected chi connectivity index (χ4v) is 1.78. The van der Waals surface area contributed by atoms with E-state index in [-0.39, 0.29) is 5.02 Å². The number of rotatable bonds is 6. The average molecular weight is 474 g/mol. The summed E-state index contributed by atoms with van der Waals surface area (Å²) in [7, 11) is 0. The van der Waals surface area contributed by atoms with Crippen LogP contribution in [0.3, 0.4) is 0 Å². The van der Waals surface area contributed by atoms with Crippen molar-refractivity contribution in [2.75, 3.05) is 5.32 Å². The van der Waals surface area contributed by atoms with Crippen LogP contribution >= 0.6 is 11.6 Å². The molecule has 1 rings (SSSR count). The largest absolute Gasteiger partial charge is 0.460 e. The second-order valence-electron chi connectivity index (χ2n) is 5.33. The number of benzene rings is 1. The second-order valence-corrected chi connectivity index (χ2v) is 5.77. The predicted molar refractivity (Wildman–Crippen MR) is 70.9 cm³/mol. The van der Waals surface area contributed by atoms with Gasteiger partial charge in [0, 0.05) is 10.7 Å². The number of nitrogens with one attached hydrogen (secondary N) is 1. The third-order valence-electron chi connectivity index (χ3n) is 3.32. The standard InChI is InChI=1S/C13H5ClF13NO/c14-5-1-3-6(4-2-5)28-7(29)8(15,16)9(17,18)10(19,20)11(21,22)12(23,24)13(25,26)27/h1-4H,(H,28,29). The first-order valence-electron chi connectivity index (χ1n) is 6.67. The highest BCUT2D eigenvalue weighted by Crippen LogP contribution is 2.60. The van der Waals surface area contributed by atoms with E-state index in [0.717, 1.165) is 17.4 Å². The maximum Gasteiger partial charge on any atom is 0.460 e. The molecule has 0 aliphatic rings. The Bertz CT molecular complexity index is 757. The van der Waals surface area contributed by atoms with E-state index in [1.165, 1.54) is 0 Å². The van der Waals surface area contributed by atoms with Gasteiger partial charge >= 0.3 is 41.7 Å². The number of amides is 1. The lowest BCUT2D eigenvalue weighted by Gasteiger charge is -2.39. The summed E-state index contributed by atoms with van der Waals surface area (Å²) in [5, 5.41) is 0.810. The molecule has 0 spiro atoms. The van der Waals surface area contributed by atoms with Crippen LogP contribution in [0.4, 0.5) is 62.8 Å². The Morgan fingerprint density at radius 3 is 1.41 bits per heavy atom. The van der Waals surface area contributed by atoms with E-state index in [9.17, 15) is 61.9 Å². The Balaban J connectivity index is 3.37. The molecule has 0 heterocycles. The fraction of sp³-hybridized carbons (Fsp3) is 0.462. The van der Waals surface area contributed by atoms with E-state index >= 15 is 0 Å². The molecule has 0 saturated carbocycles. The minimum absolute atomic E-state index is 0.0827. The lowest BCUT2D eigenvalue weighted by molar-refractivity contribution is -0.435. The summed E-state index contributed by atoms with van der Waals surface area (Å²) in [5.41, 5.74) is -0.800. The Labute approximate surface area is 156 Å². The zero-order chi connectivity index (χ0) is 23.3. The third-order valence-corrected chi connectivity index (χ3v) is 3.57. The van der Waals surface area contributed by atoms with Crippen molar-refractivity contribution in [2.24, 2.45) is 0 Å². The van der Waals surface area contributed by atoms with Gasteiger partial charge in [-0.2, -0.15) is 57.1 Å². The van der Waals surface area contributed by atoms with Gasteiger partial charge in [0.05, 0.1) is 0 Å². The van der Waals surface area contributed by atoms with Crippen LogP contribution in [0.2, 0.25) is 5.02 Å². The van der Waals surface area contributed by atoms with Crippen LogP contribution in [-0.4, -0.2) is 41.7 Å². The van der Waals surface area contributed by atoms with E-state index in [0.29, 0.717) is 12.1 Å². The van der Waals surface area contributed by atoms with Gasteiger partial charge in [-0.15, -0.1) is 0 Å². The third kappa shape index (κ3) is 3.80. The molecule has 0 fully saturated rings. The first kappa shape index (κ1) is 25.1. The summed E-state index contributed by atoms with van der Waals surface area (Å²) >= 11 is 5.37. The number of hydrogen-bond donors (Lipinski definition) is 1. The molecule has 0 radical (unpaired) electrons. The molecule has 0 saturated heterocycles. The van der Waals surface area contributed by atoms with Gasteiger partial charge in [-0.3, -0.25) is 4.79 Å². The Hall–Kier alpha value is -1.93. The summed E-state index contributed by atoms with van der Waals surface area (Å²) < 4.78 is 168. The molecule has 0 bridgehead atoms. The first-order valence-corrected chi connectivity index (χ1v) is 7.05. The van der Waals surface area contributed by atoms with E-state index in [2.05, 4.69) is 0 Å². The molecule has 0 unspecified atom stereocenters. The molecule has 1 N–H and O–H groups in total. The zero-order valence-electron chi connectivity index (χ0n) is 13.0. The second kappa shape index (κ2) is 7.09. The molecule has 1 amide bonds. The zero-order valence-corrected chi connectivity index (χ0v) is 13.8. The summed E-state index contributed by atoms with van der Waals surface area (Å²) in [6.45, 7) is 0.